The van der Waals surface area contributed by atoms with Crippen molar-refractivity contribution in [3.05, 3.63) is 122 Å². The molecule has 314 valence electrons. The topological polar surface area (TPSA) is 353 Å². The summed E-state index contributed by atoms with van der Waals surface area (Å²) >= 11 is 0. The standard InChI is InChI=1S/C19H21N3O6.C18H17N3O5.H2N6/c1-12-10-15(6-9-17(12)22(26)27)21-18(24)19(3,25)11-28-16-7-4-14(5-8-16)20-13(2)23;1-12-9-14(5-8-16(12)21(24)25)20-17(22)18(2,23)11-26-15-6-3-13(10-19)4-7-15;1-3-5-6-4-2/h4-10,25H,11H2,1-3H3,(H,20,23)(H,21,24);3-9,23H,11H2,1-2H3,(H,20,22);1-2H/b;;3-1?,4-2?,6-5+/t19-;18-;/m00./s1. The number of ether oxygens (including phenoxy) is 2. The van der Waals surface area contributed by atoms with E-state index in [9.17, 15) is 44.8 Å². The minimum Gasteiger partial charge on any atom is -0.490 e. The van der Waals surface area contributed by atoms with Gasteiger partial charge in [-0.2, -0.15) is 16.3 Å². The fourth-order valence-electron chi connectivity index (χ4n) is 4.49. The van der Waals surface area contributed by atoms with Crippen LogP contribution in [0.15, 0.2) is 106 Å². The zero-order chi connectivity index (χ0) is 45.0. The number of amides is 3. The van der Waals surface area contributed by atoms with E-state index in [1.165, 1.54) is 57.2 Å². The van der Waals surface area contributed by atoms with Gasteiger partial charge in [-0.1, -0.05) is 0 Å². The number of rotatable bonds is 15. The van der Waals surface area contributed by atoms with Crippen LogP contribution >= 0.6 is 0 Å². The Morgan fingerprint density at radius 3 is 1.38 bits per heavy atom. The lowest BCUT2D eigenvalue weighted by molar-refractivity contribution is -0.385. The van der Waals surface area contributed by atoms with Crippen LogP contribution in [0, 0.1) is 56.5 Å². The van der Waals surface area contributed by atoms with E-state index in [0.717, 1.165) is 0 Å². The summed E-state index contributed by atoms with van der Waals surface area (Å²) in [6.45, 7) is 6.48. The molecule has 0 aromatic heterocycles. The third-order valence-corrected chi connectivity index (χ3v) is 7.61. The molecule has 7 N–H and O–H groups in total. The number of hydrogen-bond acceptors (Lipinski definition) is 14. The Balaban J connectivity index is 0.000000365. The number of nitro benzene ring substituents is 2. The molecule has 0 heterocycles. The van der Waals surface area contributed by atoms with Crippen LogP contribution in [-0.2, 0) is 14.4 Å². The van der Waals surface area contributed by atoms with Crippen molar-refractivity contribution in [2.45, 2.75) is 45.8 Å². The lowest BCUT2D eigenvalue weighted by Crippen LogP contribution is -2.45. The van der Waals surface area contributed by atoms with Crippen molar-refractivity contribution in [2.75, 3.05) is 29.2 Å². The first-order chi connectivity index (χ1) is 28.2. The molecule has 23 heteroatoms. The SMILES string of the molecule is CC(=O)Nc1ccc(OC[C@](C)(O)C(=O)Nc2ccc([N+](=O)[O-])c(C)c2)cc1.Cc1cc(NC(=O)[C@@](C)(O)COc2ccc(C#N)cc2)ccc1[N+](=O)[O-].N=N/N=N/N=N. The zero-order valence-corrected chi connectivity index (χ0v) is 32.7. The van der Waals surface area contributed by atoms with Crippen LogP contribution in [0.2, 0.25) is 0 Å². The van der Waals surface area contributed by atoms with Gasteiger partial charge in [-0.25, -0.2) is 0 Å². The molecule has 4 rings (SSSR count). The highest BCUT2D eigenvalue weighted by atomic mass is 16.6. The van der Waals surface area contributed by atoms with Crippen LogP contribution < -0.4 is 25.4 Å². The van der Waals surface area contributed by atoms with E-state index in [1.54, 1.807) is 62.4 Å². The van der Waals surface area contributed by atoms with Crippen molar-refractivity contribution < 1.29 is 43.9 Å². The van der Waals surface area contributed by atoms with Crippen LogP contribution in [0.3, 0.4) is 0 Å². The lowest BCUT2D eigenvalue weighted by atomic mass is 10.1. The third-order valence-electron chi connectivity index (χ3n) is 7.61. The Morgan fingerprint density at radius 1 is 0.700 bits per heavy atom. The summed E-state index contributed by atoms with van der Waals surface area (Å²) in [6.07, 6.45) is 0. The monoisotopic (exact) mass is 828 g/mol. The van der Waals surface area contributed by atoms with Crippen LogP contribution in [-0.4, -0.2) is 62.2 Å². The number of aliphatic hydroxyl groups is 2. The van der Waals surface area contributed by atoms with Gasteiger partial charge in [0, 0.05) is 47.2 Å². The van der Waals surface area contributed by atoms with Gasteiger partial charge in [0.25, 0.3) is 23.2 Å². The summed E-state index contributed by atoms with van der Waals surface area (Å²) in [4.78, 5) is 56.3. The number of carbonyl (C=O) groups is 3. The van der Waals surface area contributed by atoms with Crippen LogP contribution in [0.25, 0.3) is 0 Å². The molecule has 3 amide bonds. The highest BCUT2D eigenvalue weighted by Crippen LogP contribution is 2.25. The van der Waals surface area contributed by atoms with Gasteiger partial charge in [0.1, 0.15) is 24.7 Å². The van der Waals surface area contributed by atoms with E-state index in [1.807, 2.05) is 6.07 Å². The molecular weight excluding hydrogens is 788 g/mol. The van der Waals surface area contributed by atoms with Gasteiger partial charge in [-0.05, 0) is 121 Å². The van der Waals surface area contributed by atoms with E-state index in [0.29, 0.717) is 45.3 Å². The molecule has 0 fully saturated rings. The average Bonchev–Trinajstić information content (AvgIpc) is 3.19. The number of nitrogens with one attached hydrogen (secondary N) is 5. The Hall–Kier alpha value is -8.10. The number of hydrogen-bond donors (Lipinski definition) is 7. The number of nitrogens with zero attached hydrogens (tertiary/aromatic N) is 7. The van der Waals surface area contributed by atoms with Gasteiger partial charge in [0.2, 0.25) is 5.91 Å². The normalized spacial score (nSPS) is 12.2. The van der Waals surface area contributed by atoms with Gasteiger partial charge in [-0.15, -0.1) is 0 Å². The molecule has 0 saturated heterocycles. The maximum Gasteiger partial charge on any atom is 0.272 e. The minimum atomic E-state index is -1.84. The number of anilines is 3. The molecule has 0 bridgehead atoms. The maximum atomic E-state index is 12.3. The van der Waals surface area contributed by atoms with Crippen molar-refractivity contribution in [1.82, 2.24) is 0 Å². The molecule has 0 aliphatic heterocycles. The van der Waals surface area contributed by atoms with Gasteiger partial charge >= 0.3 is 0 Å². The molecule has 0 saturated carbocycles. The van der Waals surface area contributed by atoms with E-state index >= 15 is 0 Å². The summed E-state index contributed by atoms with van der Waals surface area (Å²) < 4.78 is 10.8. The fraction of sp³-hybridized carbons (Fsp3) is 0.243. The predicted molar refractivity (Wildman–Crippen MR) is 212 cm³/mol. The number of benzene rings is 4. The first-order valence-corrected chi connectivity index (χ1v) is 17.1. The Morgan fingerprint density at radius 2 is 1.07 bits per heavy atom. The van der Waals surface area contributed by atoms with Crippen molar-refractivity contribution in [1.29, 1.82) is 16.3 Å². The van der Waals surface area contributed by atoms with E-state index < -0.39 is 32.9 Å². The van der Waals surface area contributed by atoms with Gasteiger partial charge < -0.3 is 35.6 Å². The zero-order valence-electron chi connectivity index (χ0n) is 32.7. The van der Waals surface area contributed by atoms with Crippen molar-refractivity contribution in [3.63, 3.8) is 0 Å². The fourth-order valence-corrected chi connectivity index (χ4v) is 4.49. The molecule has 4 aromatic carbocycles. The van der Waals surface area contributed by atoms with Gasteiger partial charge in [0.15, 0.2) is 11.2 Å². The molecule has 2 atom stereocenters. The largest absolute Gasteiger partial charge is 0.490 e. The number of nitro groups is 2. The molecule has 23 nitrogen and oxygen atoms in total. The number of carbonyl (C=O) groups excluding carboxylic acids is 3. The number of nitriles is 1. The molecule has 0 aliphatic carbocycles. The average molecular weight is 829 g/mol. The summed E-state index contributed by atoms with van der Waals surface area (Å²) in [5.41, 5.74) is 10.6. The predicted octanol–water partition coefficient (Wildman–Crippen LogP) is 6.50. The maximum absolute atomic E-state index is 12.3. The smallest absolute Gasteiger partial charge is 0.272 e. The third kappa shape index (κ3) is 15.8. The molecule has 4 aromatic rings. The molecule has 0 aliphatic rings. The van der Waals surface area contributed by atoms with E-state index in [-0.39, 0.29) is 30.5 Å². The first kappa shape index (κ1) is 48.0. The quantitative estimate of drug-likeness (QED) is 0.0383. The Bertz CT molecular complexity index is 2250. The molecule has 0 spiro atoms. The van der Waals surface area contributed by atoms with Crippen molar-refractivity contribution >= 4 is 46.2 Å². The second-order valence-corrected chi connectivity index (χ2v) is 12.8. The second-order valence-electron chi connectivity index (χ2n) is 12.8. The van der Waals surface area contributed by atoms with Crippen molar-refractivity contribution in [3.8, 4) is 17.6 Å². The summed E-state index contributed by atoms with van der Waals surface area (Å²) in [5, 5.41) is 68.9. The van der Waals surface area contributed by atoms with Crippen LogP contribution in [0.4, 0.5) is 28.4 Å². The van der Waals surface area contributed by atoms with Crippen LogP contribution in [0.5, 0.6) is 11.5 Å². The molecule has 0 unspecified atom stereocenters. The molecule has 0 radical (unpaired) electrons. The molecular formula is C37H40N12O11. The highest BCUT2D eigenvalue weighted by Gasteiger charge is 2.33. The number of aryl methyl sites for hydroxylation is 2. The second kappa shape index (κ2) is 22.6. The summed E-state index contributed by atoms with van der Waals surface area (Å²) in [7, 11) is 0. The highest BCUT2D eigenvalue weighted by molar-refractivity contribution is 5.97. The van der Waals surface area contributed by atoms with E-state index in [2.05, 4.69) is 36.8 Å². The van der Waals surface area contributed by atoms with Crippen LogP contribution in [0.1, 0.15) is 37.5 Å². The molecule has 60 heavy (non-hydrogen) atoms. The lowest BCUT2D eigenvalue weighted by Gasteiger charge is -2.22. The first-order valence-electron chi connectivity index (χ1n) is 17.1. The summed E-state index contributed by atoms with van der Waals surface area (Å²) in [6, 6.07) is 22.9. The minimum absolute atomic E-state index is 0.0566. The van der Waals surface area contributed by atoms with Gasteiger partial charge in [0.05, 0.1) is 21.5 Å². The van der Waals surface area contributed by atoms with Gasteiger partial charge in [-0.3, -0.25) is 34.6 Å². The summed E-state index contributed by atoms with van der Waals surface area (Å²) in [5.74, 6) is -0.804. The Labute approximate surface area is 341 Å². The Kier molecular flexibility index (Phi) is 18.1. The van der Waals surface area contributed by atoms with E-state index in [4.69, 9.17) is 25.8 Å². The van der Waals surface area contributed by atoms with Crippen molar-refractivity contribution in [2.24, 2.45) is 20.9 Å².